The minimum absolute atomic E-state index is 0.0496. The van der Waals surface area contributed by atoms with Gasteiger partial charge in [0.15, 0.2) is 0 Å². The summed E-state index contributed by atoms with van der Waals surface area (Å²) >= 11 is 0. The van der Waals surface area contributed by atoms with Crippen LogP contribution in [0.15, 0.2) is 65.5 Å². The Morgan fingerprint density at radius 2 is 1.79 bits per heavy atom. The maximum absolute atomic E-state index is 12.3. The van der Waals surface area contributed by atoms with E-state index in [4.69, 9.17) is 0 Å². The second-order valence-electron chi connectivity index (χ2n) is 6.02. The quantitative estimate of drug-likeness (QED) is 0.759. The van der Waals surface area contributed by atoms with Gasteiger partial charge in [0.05, 0.1) is 0 Å². The van der Waals surface area contributed by atoms with Gasteiger partial charge in [0.1, 0.15) is 0 Å². The number of nitrogens with one attached hydrogen (secondary N) is 2. The molecule has 2 aromatic carbocycles. The van der Waals surface area contributed by atoms with Crippen molar-refractivity contribution in [2.45, 2.75) is 19.9 Å². The molecule has 0 fully saturated rings. The van der Waals surface area contributed by atoms with Crippen LogP contribution < -0.4 is 10.9 Å². The molecule has 3 rings (SSSR count). The molecule has 0 aliphatic rings. The first-order chi connectivity index (χ1) is 11.6. The van der Waals surface area contributed by atoms with Gasteiger partial charge in [-0.25, -0.2) is 0 Å². The first-order valence-electron chi connectivity index (χ1n) is 8.06. The third kappa shape index (κ3) is 3.71. The Morgan fingerprint density at radius 3 is 2.58 bits per heavy atom. The monoisotopic (exact) mass is 320 g/mol. The first-order valence-corrected chi connectivity index (χ1v) is 8.06. The number of benzene rings is 2. The van der Waals surface area contributed by atoms with E-state index >= 15 is 0 Å². The number of amides is 1. The van der Waals surface area contributed by atoms with Crippen LogP contribution in [0.2, 0.25) is 0 Å². The third-order valence-electron chi connectivity index (χ3n) is 4.12. The summed E-state index contributed by atoms with van der Waals surface area (Å²) in [5.41, 5.74) is 2.33. The van der Waals surface area contributed by atoms with Crippen LogP contribution in [-0.2, 0) is 17.8 Å². The Kier molecular flexibility index (Phi) is 4.75. The van der Waals surface area contributed by atoms with Crippen LogP contribution in [0.3, 0.4) is 0 Å². The van der Waals surface area contributed by atoms with Gasteiger partial charge in [0.2, 0.25) is 5.91 Å². The molecule has 2 N–H and O–H groups in total. The second kappa shape index (κ2) is 7.13. The number of carbonyl (C=O) groups is 1. The van der Waals surface area contributed by atoms with Gasteiger partial charge in [-0.3, -0.25) is 9.59 Å². The molecule has 1 amide bonds. The highest BCUT2D eigenvalue weighted by Crippen LogP contribution is 2.11. The van der Waals surface area contributed by atoms with Crippen LogP contribution in [-0.4, -0.2) is 10.9 Å². The number of rotatable bonds is 5. The van der Waals surface area contributed by atoms with E-state index in [1.165, 1.54) is 0 Å². The van der Waals surface area contributed by atoms with Crippen molar-refractivity contribution in [2.24, 2.45) is 5.92 Å². The van der Waals surface area contributed by atoms with Crippen LogP contribution in [0.4, 0.5) is 0 Å². The fourth-order valence-corrected chi connectivity index (χ4v) is 2.74. The van der Waals surface area contributed by atoms with Crippen LogP contribution >= 0.6 is 0 Å². The summed E-state index contributed by atoms with van der Waals surface area (Å²) < 4.78 is 0. The van der Waals surface area contributed by atoms with Crippen molar-refractivity contribution in [3.8, 4) is 0 Å². The smallest absolute Gasteiger partial charge is 0.253 e. The lowest BCUT2D eigenvalue weighted by Crippen LogP contribution is -2.31. The highest BCUT2D eigenvalue weighted by atomic mass is 16.2. The minimum Gasteiger partial charge on any atom is -0.352 e. The molecule has 1 aromatic heterocycles. The molecule has 0 aliphatic heterocycles. The van der Waals surface area contributed by atoms with Crippen molar-refractivity contribution < 1.29 is 4.79 Å². The van der Waals surface area contributed by atoms with Gasteiger partial charge in [-0.2, -0.15) is 0 Å². The fourth-order valence-electron chi connectivity index (χ4n) is 2.74. The van der Waals surface area contributed by atoms with Gasteiger partial charge in [-0.05, 0) is 29.5 Å². The predicted molar refractivity (Wildman–Crippen MR) is 95.7 cm³/mol. The highest BCUT2D eigenvalue weighted by molar-refractivity contribution is 5.80. The molecular weight excluding hydrogens is 300 g/mol. The first kappa shape index (κ1) is 16.0. The molecule has 122 valence electrons. The van der Waals surface area contributed by atoms with E-state index in [0.717, 1.165) is 16.5 Å². The van der Waals surface area contributed by atoms with E-state index < -0.39 is 0 Å². The summed E-state index contributed by atoms with van der Waals surface area (Å²) in [5.74, 6) is -0.196. The summed E-state index contributed by atoms with van der Waals surface area (Å²) in [7, 11) is 0. The number of fused-ring (bicyclic) bond motifs is 1. The number of hydrogen-bond donors (Lipinski definition) is 2. The minimum atomic E-state index is -0.162. The van der Waals surface area contributed by atoms with Gasteiger partial charge < -0.3 is 10.3 Å². The van der Waals surface area contributed by atoms with Gasteiger partial charge >= 0.3 is 0 Å². The number of aromatic nitrogens is 1. The van der Waals surface area contributed by atoms with E-state index in [1.54, 1.807) is 0 Å². The standard InChI is InChI=1S/C20H20N2O2/c1-14(11-15-7-3-2-4-8-15)19(23)21-13-17-12-16-9-5-6-10-18(16)22-20(17)24/h2-10,12,14H,11,13H2,1H3,(H,21,23)(H,22,24). The van der Waals surface area contributed by atoms with Crippen LogP contribution in [0.1, 0.15) is 18.1 Å². The van der Waals surface area contributed by atoms with E-state index in [2.05, 4.69) is 10.3 Å². The van der Waals surface area contributed by atoms with E-state index in [0.29, 0.717) is 12.0 Å². The zero-order valence-corrected chi connectivity index (χ0v) is 13.6. The lowest BCUT2D eigenvalue weighted by molar-refractivity contribution is -0.124. The number of para-hydroxylation sites is 1. The van der Waals surface area contributed by atoms with Crippen LogP contribution in [0, 0.1) is 5.92 Å². The maximum Gasteiger partial charge on any atom is 0.253 e. The molecule has 0 aliphatic carbocycles. The van der Waals surface area contributed by atoms with Crippen molar-refractivity contribution in [1.29, 1.82) is 0 Å². The molecule has 0 radical (unpaired) electrons. The van der Waals surface area contributed by atoms with Gasteiger partial charge in [-0.1, -0.05) is 55.5 Å². The summed E-state index contributed by atoms with van der Waals surface area (Å²) in [6.45, 7) is 2.13. The zero-order chi connectivity index (χ0) is 16.9. The third-order valence-corrected chi connectivity index (χ3v) is 4.12. The Bertz CT molecular complexity index is 900. The van der Waals surface area contributed by atoms with Crippen molar-refractivity contribution in [2.75, 3.05) is 0 Å². The van der Waals surface area contributed by atoms with Crippen molar-refractivity contribution in [3.05, 3.63) is 82.1 Å². The van der Waals surface area contributed by atoms with Gasteiger partial charge in [0, 0.05) is 23.5 Å². The zero-order valence-electron chi connectivity index (χ0n) is 13.6. The summed E-state index contributed by atoms with van der Waals surface area (Å²) in [5, 5.41) is 3.82. The van der Waals surface area contributed by atoms with E-state index in [-0.39, 0.29) is 23.9 Å². The average Bonchev–Trinajstić information content (AvgIpc) is 2.60. The SMILES string of the molecule is CC(Cc1ccccc1)C(=O)NCc1cc2ccccc2[nH]c1=O. The molecule has 24 heavy (non-hydrogen) atoms. The molecule has 0 spiro atoms. The number of aromatic amines is 1. The molecule has 4 nitrogen and oxygen atoms in total. The van der Waals surface area contributed by atoms with Gasteiger partial charge in [-0.15, -0.1) is 0 Å². The van der Waals surface area contributed by atoms with Crippen molar-refractivity contribution >= 4 is 16.8 Å². The Hall–Kier alpha value is -2.88. The van der Waals surface area contributed by atoms with Crippen molar-refractivity contribution in [3.63, 3.8) is 0 Å². The molecule has 0 saturated carbocycles. The molecule has 4 heteroatoms. The normalized spacial score (nSPS) is 12.0. The number of carbonyl (C=O) groups excluding carboxylic acids is 1. The Morgan fingerprint density at radius 1 is 1.08 bits per heavy atom. The summed E-state index contributed by atoms with van der Waals surface area (Å²) in [6.07, 6.45) is 0.681. The number of hydrogen-bond acceptors (Lipinski definition) is 2. The van der Waals surface area contributed by atoms with Crippen molar-refractivity contribution in [1.82, 2.24) is 10.3 Å². The van der Waals surface area contributed by atoms with E-state index in [9.17, 15) is 9.59 Å². The summed E-state index contributed by atoms with van der Waals surface area (Å²) in [4.78, 5) is 27.2. The molecule has 1 atom stereocenters. The number of H-pyrrole nitrogens is 1. The lowest BCUT2D eigenvalue weighted by Gasteiger charge is -2.12. The maximum atomic E-state index is 12.3. The fraction of sp³-hybridized carbons (Fsp3) is 0.200. The molecule has 1 unspecified atom stereocenters. The predicted octanol–water partition coefficient (Wildman–Crippen LogP) is 3.02. The molecule has 0 bridgehead atoms. The Labute approximate surface area is 140 Å². The van der Waals surface area contributed by atoms with Crippen LogP contribution in [0.5, 0.6) is 0 Å². The highest BCUT2D eigenvalue weighted by Gasteiger charge is 2.14. The lowest BCUT2D eigenvalue weighted by atomic mass is 10.0. The second-order valence-corrected chi connectivity index (χ2v) is 6.02. The molecular formula is C20H20N2O2. The largest absolute Gasteiger partial charge is 0.352 e. The number of pyridine rings is 1. The Balaban J connectivity index is 1.65. The summed E-state index contributed by atoms with van der Waals surface area (Å²) in [6, 6.07) is 19.3. The molecule has 3 aromatic rings. The topological polar surface area (TPSA) is 62.0 Å². The average molecular weight is 320 g/mol. The van der Waals surface area contributed by atoms with Crippen LogP contribution in [0.25, 0.3) is 10.9 Å². The molecule has 1 heterocycles. The van der Waals surface area contributed by atoms with E-state index in [1.807, 2.05) is 67.6 Å². The van der Waals surface area contributed by atoms with Gasteiger partial charge in [0.25, 0.3) is 5.56 Å². The molecule has 0 saturated heterocycles.